The highest BCUT2D eigenvalue weighted by Crippen LogP contribution is 2.19. The number of fused-ring (bicyclic) bond motifs is 1. The second-order valence-electron chi connectivity index (χ2n) is 4.13. The SMILES string of the molecule is Cc1csc2ncn(Cc3cnnn3C)c(=O)c12. The molecule has 0 radical (unpaired) electrons. The van der Waals surface area contributed by atoms with Gasteiger partial charge in [0.15, 0.2) is 0 Å². The Morgan fingerprint density at radius 2 is 2.28 bits per heavy atom. The van der Waals surface area contributed by atoms with Crippen molar-refractivity contribution in [1.82, 2.24) is 24.5 Å². The highest BCUT2D eigenvalue weighted by Gasteiger charge is 2.10. The second-order valence-corrected chi connectivity index (χ2v) is 4.98. The molecule has 0 amide bonds. The van der Waals surface area contributed by atoms with E-state index in [4.69, 9.17) is 0 Å². The number of hydrogen-bond acceptors (Lipinski definition) is 5. The summed E-state index contributed by atoms with van der Waals surface area (Å²) in [5, 5.41) is 10.3. The first-order chi connectivity index (χ1) is 8.66. The maximum atomic E-state index is 12.3. The van der Waals surface area contributed by atoms with E-state index in [-0.39, 0.29) is 5.56 Å². The minimum Gasteiger partial charge on any atom is -0.293 e. The van der Waals surface area contributed by atoms with Crippen molar-refractivity contribution in [2.24, 2.45) is 7.05 Å². The Labute approximate surface area is 107 Å². The summed E-state index contributed by atoms with van der Waals surface area (Å²) in [4.78, 5) is 17.4. The van der Waals surface area contributed by atoms with Crippen molar-refractivity contribution in [1.29, 1.82) is 0 Å². The monoisotopic (exact) mass is 261 g/mol. The summed E-state index contributed by atoms with van der Waals surface area (Å²) in [5.74, 6) is 0. The van der Waals surface area contributed by atoms with Gasteiger partial charge in [0.25, 0.3) is 5.56 Å². The molecule has 7 heteroatoms. The molecule has 0 saturated heterocycles. The van der Waals surface area contributed by atoms with Crippen LogP contribution < -0.4 is 5.56 Å². The molecule has 92 valence electrons. The first kappa shape index (κ1) is 11.1. The molecular formula is C11H11N5OS. The van der Waals surface area contributed by atoms with Gasteiger partial charge in [0.1, 0.15) is 4.83 Å². The standard InChI is InChI=1S/C11H11N5OS/c1-7-5-18-10-9(7)11(17)16(6-12-10)4-8-3-13-14-15(8)2/h3,5-6H,4H2,1-2H3. The van der Waals surface area contributed by atoms with E-state index < -0.39 is 0 Å². The van der Waals surface area contributed by atoms with Crippen molar-refractivity contribution in [3.63, 3.8) is 0 Å². The number of rotatable bonds is 2. The summed E-state index contributed by atoms with van der Waals surface area (Å²) < 4.78 is 3.23. The fraction of sp³-hybridized carbons (Fsp3) is 0.273. The van der Waals surface area contributed by atoms with Crippen molar-refractivity contribution in [3.8, 4) is 0 Å². The summed E-state index contributed by atoms with van der Waals surface area (Å²) in [6.45, 7) is 2.36. The van der Waals surface area contributed by atoms with Gasteiger partial charge in [-0.15, -0.1) is 16.4 Å². The molecule has 3 rings (SSSR count). The lowest BCUT2D eigenvalue weighted by Gasteiger charge is -2.04. The van der Waals surface area contributed by atoms with E-state index in [0.717, 1.165) is 16.1 Å². The molecule has 0 aliphatic heterocycles. The number of aryl methyl sites for hydroxylation is 2. The van der Waals surface area contributed by atoms with Crippen LogP contribution in [0.3, 0.4) is 0 Å². The predicted octanol–water partition coefficient (Wildman–Crippen LogP) is 0.943. The van der Waals surface area contributed by atoms with E-state index >= 15 is 0 Å². The highest BCUT2D eigenvalue weighted by atomic mass is 32.1. The molecule has 3 heterocycles. The highest BCUT2D eigenvalue weighted by molar-refractivity contribution is 7.16. The average molecular weight is 261 g/mol. The largest absolute Gasteiger partial charge is 0.293 e. The summed E-state index contributed by atoms with van der Waals surface area (Å²) in [6, 6.07) is 0. The van der Waals surface area contributed by atoms with Crippen LogP contribution in [0, 0.1) is 6.92 Å². The fourth-order valence-electron chi connectivity index (χ4n) is 1.85. The van der Waals surface area contributed by atoms with E-state index in [1.165, 1.54) is 11.3 Å². The molecule has 0 aliphatic carbocycles. The quantitative estimate of drug-likeness (QED) is 0.688. The molecule has 0 bridgehead atoms. The molecule has 3 aromatic heterocycles. The fourth-order valence-corrected chi connectivity index (χ4v) is 2.73. The molecular weight excluding hydrogens is 250 g/mol. The maximum absolute atomic E-state index is 12.3. The molecule has 0 spiro atoms. The molecule has 0 N–H and O–H groups in total. The lowest BCUT2D eigenvalue weighted by molar-refractivity contribution is 0.636. The number of hydrogen-bond donors (Lipinski definition) is 0. The molecule has 6 nitrogen and oxygen atoms in total. The summed E-state index contributed by atoms with van der Waals surface area (Å²) >= 11 is 1.49. The number of aromatic nitrogens is 5. The van der Waals surface area contributed by atoms with Crippen LogP contribution in [-0.2, 0) is 13.6 Å². The van der Waals surface area contributed by atoms with Gasteiger partial charge >= 0.3 is 0 Å². The van der Waals surface area contributed by atoms with Crippen molar-refractivity contribution in [2.75, 3.05) is 0 Å². The Hall–Kier alpha value is -2.02. The lowest BCUT2D eigenvalue weighted by atomic mass is 10.3. The molecule has 3 aromatic rings. The molecule has 0 aromatic carbocycles. The third-order valence-corrected chi connectivity index (χ3v) is 3.89. The van der Waals surface area contributed by atoms with Gasteiger partial charge in [0.2, 0.25) is 0 Å². The molecule has 18 heavy (non-hydrogen) atoms. The van der Waals surface area contributed by atoms with Gasteiger partial charge in [0.05, 0.1) is 30.1 Å². The van der Waals surface area contributed by atoms with Crippen LogP contribution in [0.15, 0.2) is 22.7 Å². The van der Waals surface area contributed by atoms with E-state index in [1.54, 1.807) is 28.8 Å². The third-order valence-electron chi connectivity index (χ3n) is 2.89. The van der Waals surface area contributed by atoms with Crippen molar-refractivity contribution in [3.05, 3.63) is 39.5 Å². The van der Waals surface area contributed by atoms with Gasteiger partial charge in [-0.2, -0.15) is 0 Å². The second kappa shape index (κ2) is 4.02. The van der Waals surface area contributed by atoms with E-state index in [2.05, 4.69) is 15.3 Å². The minimum atomic E-state index is -0.0139. The Balaban J connectivity index is 2.13. The van der Waals surface area contributed by atoms with Crippen molar-refractivity contribution in [2.45, 2.75) is 13.5 Å². The van der Waals surface area contributed by atoms with Crippen LogP contribution >= 0.6 is 11.3 Å². The van der Waals surface area contributed by atoms with Gasteiger partial charge in [-0.3, -0.25) is 14.0 Å². The Morgan fingerprint density at radius 3 is 3.00 bits per heavy atom. The van der Waals surface area contributed by atoms with Gasteiger partial charge in [-0.25, -0.2) is 4.98 Å². The number of nitrogens with zero attached hydrogens (tertiary/aromatic N) is 5. The van der Waals surface area contributed by atoms with E-state index in [0.29, 0.717) is 11.9 Å². The first-order valence-electron chi connectivity index (χ1n) is 5.43. The van der Waals surface area contributed by atoms with Crippen LogP contribution in [0.1, 0.15) is 11.3 Å². The first-order valence-corrected chi connectivity index (χ1v) is 6.31. The van der Waals surface area contributed by atoms with Gasteiger partial charge in [-0.1, -0.05) is 5.21 Å². The zero-order chi connectivity index (χ0) is 12.7. The molecule has 0 saturated carbocycles. The summed E-state index contributed by atoms with van der Waals surface area (Å²) in [5.41, 5.74) is 1.83. The molecule has 0 unspecified atom stereocenters. The Morgan fingerprint density at radius 1 is 1.44 bits per heavy atom. The zero-order valence-corrected chi connectivity index (χ0v) is 10.8. The summed E-state index contributed by atoms with van der Waals surface area (Å²) in [6.07, 6.45) is 3.23. The van der Waals surface area contributed by atoms with Crippen LogP contribution in [-0.4, -0.2) is 24.5 Å². The van der Waals surface area contributed by atoms with Crippen molar-refractivity contribution >= 4 is 21.6 Å². The van der Waals surface area contributed by atoms with Gasteiger partial charge in [0, 0.05) is 7.05 Å². The topological polar surface area (TPSA) is 65.6 Å². The zero-order valence-electron chi connectivity index (χ0n) is 9.99. The molecule has 0 fully saturated rings. The van der Waals surface area contributed by atoms with Crippen molar-refractivity contribution < 1.29 is 0 Å². The van der Waals surface area contributed by atoms with Gasteiger partial charge < -0.3 is 0 Å². The van der Waals surface area contributed by atoms with E-state index in [9.17, 15) is 4.79 Å². The molecule has 0 aliphatic rings. The van der Waals surface area contributed by atoms with Gasteiger partial charge in [-0.05, 0) is 17.9 Å². The molecule has 0 atom stereocenters. The smallest absolute Gasteiger partial charge is 0.262 e. The maximum Gasteiger partial charge on any atom is 0.262 e. The lowest BCUT2D eigenvalue weighted by Crippen LogP contribution is -2.22. The number of thiophene rings is 1. The normalized spacial score (nSPS) is 11.2. The Kier molecular flexibility index (Phi) is 2.48. The average Bonchev–Trinajstić information content (AvgIpc) is 2.91. The van der Waals surface area contributed by atoms with Crippen LogP contribution in [0.4, 0.5) is 0 Å². The summed E-state index contributed by atoms with van der Waals surface area (Å²) in [7, 11) is 1.80. The van der Waals surface area contributed by atoms with Crippen LogP contribution in [0.25, 0.3) is 10.2 Å². The van der Waals surface area contributed by atoms with Crippen LogP contribution in [0.5, 0.6) is 0 Å². The van der Waals surface area contributed by atoms with Crippen LogP contribution in [0.2, 0.25) is 0 Å². The third kappa shape index (κ3) is 1.63. The van der Waals surface area contributed by atoms with E-state index in [1.807, 2.05) is 12.3 Å². The minimum absolute atomic E-state index is 0.0139. The Bertz CT molecular complexity index is 769. The predicted molar refractivity (Wildman–Crippen MR) is 68.7 cm³/mol.